The third kappa shape index (κ3) is 2.55. The number of aromatic nitrogens is 2. The van der Waals surface area contributed by atoms with Gasteiger partial charge in [-0.2, -0.15) is 0 Å². The SMILES string of the molecule is CN1CCCN(c2cncc(C(=O)O)n2)CC1=O. The number of nitrogens with zero attached hydrogens (tertiary/aromatic N) is 4. The van der Waals surface area contributed by atoms with Crippen molar-refractivity contribution in [1.29, 1.82) is 0 Å². The summed E-state index contributed by atoms with van der Waals surface area (Å²) in [5, 5.41) is 8.86. The van der Waals surface area contributed by atoms with Gasteiger partial charge in [0.2, 0.25) is 5.91 Å². The number of amides is 1. The second kappa shape index (κ2) is 4.99. The van der Waals surface area contributed by atoms with Gasteiger partial charge in [0.15, 0.2) is 5.69 Å². The van der Waals surface area contributed by atoms with Gasteiger partial charge in [-0.25, -0.2) is 9.78 Å². The molecule has 1 fully saturated rings. The van der Waals surface area contributed by atoms with Crippen molar-refractivity contribution >= 4 is 17.7 Å². The van der Waals surface area contributed by atoms with E-state index in [4.69, 9.17) is 5.11 Å². The third-order valence-corrected chi connectivity index (χ3v) is 2.84. The Labute approximate surface area is 104 Å². The van der Waals surface area contributed by atoms with Crippen molar-refractivity contribution in [3.05, 3.63) is 18.1 Å². The van der Waals surface area contributed by atoms with Crippen LogP contribution < -0.4 is 4.90 Å². The number of rotatable bonds is 2. The molecule has 0 saturated carbocycles. The summed E-state index contributed by atoms with van der Waals surface area (Å²) in [4.78, 5) is 33.8. The highest BCUT2D eigenvalue weighted by molar-refractivity contribution is 5.85. The van der Waals surface area contributed by atoms with Crippen LogP contribution >= 0.6 is 0 Å². The number of hydrogen-bond acceptors (Lipinski definition) is 5. The zero-order chi connectivity index (χ0) is 13.1. The Hall–Kier alpha value is -2.18. The van der Waals surface area contributed by atoms with Crippen LogP contribution in [-0.2, 0) is 4.79 Å². The van der Waals surface area contributed by atoms with Crippen LogP contribution in [0.2, 0.25) is 0 Å². The Morgan fingerprint density at radius 2 is 2.17 bits per heavy atom. The number of carboxylic acid groups (broad SMARTS) is 1. The van der Waals surface area contributed by atoms with Crippen LogP contribution in [0.15, 0.2) is 12.4 Å². The zero-order valence-electron chi connectivity index (χ0n) is 10.0. The van der Waals surface area contributed by atoms with Gasteiger partial charge in [0, 0.05) is 20.1 Å². The maximum Gasteiger partial charge on any atom is 0.356 e. The number of hydrogen-bond donors (Lipinski definition) is 1. The van der Waals surface area contributed by atoms with E-state index in [1.165, 1.54) is 12.4 Å². The molecule has 0 spiro atoms. The lowest BCUT2D eigenvalue weighted by molar-refractivity contribution is -0.127. The molecule has 1 saturated heterocycles. The third-order valence-electron chi connectivity index (χ3n) is 2.84. The number of carboxylic acids is 1. The van der Waals surface area contributed by atoms with Crippen LogP contribution in [0.5, 0.6) is 0 Å². The van der Waals surface area contributed by atoms with Crippen molar-refractivity contribution in [2.24, 2.45) is 0 Å². The molecule has 2 rings (SSSR count). The largest absolute Gasteiger partial charge is 0.476 e. The van der Waals surface area contributed by atoms with Crippen LogP contribution in [0.3, 0.4) is 0 Å². The number of anilines is 1. The Balaban J connectivity index is 2.22. The molecule has 1 aliphatic rings. The molecule has 2 heterocycles. The van der Waals surface area contributed by atoms with Crippen LogP contribution in [0, 0.1) is 0 Å². The molecule has 96 valence electrons. The first-order valence-corrected chi connectivity index (χ1v) is 5.62. The van der Waals surface area contributed by atoms with E-state index in [1.807, 2.05) is 0 Å². The number of carbonyl (C=O) groups excluding carboxylic acids is 1. The van der Waals surface area contributed by atoms with Crippen molar-refractivity contribution in [1.82, 2.24) is 14.9 Å². The Bertz CT molecular complexity index is 477. The summed E-state index contributed by atoms with van der Waals surface area (Å²) < 4.78 is 0. The summed E-state index contributed by atoms with van der Waals surface area (Å²) in [5.41, 5.74) is -0.113. The molecule has 0 unspecified atom stereocenters. The molecule has 7 nitrogen and oxygen atoms in total. The predicted molar refractivity (Wildman–Crippen MR) is 63.5 cm³/mol. The first-order chi connectivity index (χ1) is 8.58. The van der Waals surface area contributed by atoms with E-state index in [1.54, 1.807) is 16.8 Å². The smallest absolute Gasteiger partial charge is 0.356 e. The molecule has 1 aliphatic heterocycles. The van der Waals surface area contributed by atoms with Gasteiger partial charge in [0.1, 0.15) is 5.82 Å². The van der Waals surface area contributed by atoms with Gasteiger partial charge in [0.05, 0.1) is 18.9 Å². The first kappa shape index (κ1) is 12.3. The summed E-state index contributed by atoms with van der Waals surface area (Å²) in [6, 6.07) is 0. The lowest BCUT2D eigenvalue weighted by atomic mass is 10.4. The first-order valence-electron chi connectivity index (χ1n) is 5.62. The Morgan fingerprint density at radius 3 is 2.89 bits per heavy atom. The van der Waals surface area contributed by atoms with E-state index in [0.29, 0.717) is 18.9 Å². The Morgan fingerprint density at radius 1 is 1.39 bits per heavy atom. The molecule has 1 amide bonds. The number of likely N-dealkylation sites (N-methyl/N-ethyl adjacent to an activating group) is 1. The lowest BCUT2D eigenvalue weighted by Crippen LogP contribution is -2.34. The minimum Gasteiger partial charge on any atom is -0.476 e. The van der Waals surface area contributed by atoms with Gasteiger partial charge in [-0.3, -0.25) is 9.78 Å². The molecule has 0 radical (unpaired) electrons. The van der Waals surface area contributed by atoms with E-state index in [0.717, 1.165) is 6.42 Å². The molecular weight excluding hydrogens is 236 g/mol. The standard InChI is InChI=1S/C11H14N4O3/c1-14-3-2-4-15(7-10(14)16)9-6-12-5-8(13-9)11(17)18/h5-6H,2-4,7H2,1H3,(H,17,18). The van der Waals surface area contributed by atoms with Crippen molar-refractivity contribution in [3.8, 4) is 0 Å². The van der Waals surface area contributed by atoms with E-state index in [9.17, 15) is 9.59 Å². The monoisotopic (exact) mass is 250 g/mol. The molecule has 1 aromatic rings. The van der Waals surface area contributed by atoms with Crippen molar-refractivity contribution in [3.63, 3.8) is 0 Å². The predicted octanol–water partition coefficient (Wildman–Crippen LogP) is -0.157. The molecular formula is C11H14N4O3. The number of carbonyl (C=O) groups is 2. The van der Waals surface area contributed by atoms with Gasteiger partial charge < -0.3 is 14.9 Å². The highest BCUT2D eigenvalue weighted by Gasteiger charge is 2.20. The topological polar surface area (TPSA) is 86.6 Å². The normalized spacial score (nSPS) is 16.6. The number of aromatic carboxylic acids is 1. The van der Waals surface area contributed by atoms with Gasteiger partial charge in [-0.15, -0.1) is 0 Å². The summed E-state index contributed by atoms with van der Waals surface area (Å²) >= 11 is 0. The second-order valence-electron chi connectivity index (χ2n) is 4.16. The van der Waals surface area contributed by atoms with E-state index >= 15 is 0 Å². The fraction of sp³-hybridized carbons (Fsp3) is 0.455. The molecule has 0 aliphatic carbocycles. The molecule has 0 atom stereocenters. The highest BCUT2D eigenvalue weighted by Crippen LogP contribution is 2.13. The molecule has 18 heavy (non-hydrogen) atoms. The van der Waals surface area contributed by atoms with Crippen LogP contribution in [0.1, 0.15) is 16.9 Å². The van der Waals surface area contributed by atoms with Crippen molar-refractivity contribution in [2.75, 3.05) is 31.6 Å². The van der Waals surface area contributed by atoms with Crippen LogP contribution in [0.25, 0.3) is 0 Å². The van der Waals surface area contributed by atoms with Gasteiger partial charge in [0.25, 0.3) is 0 Å². The molecule has 1 N–H and O–H groups in total. The minimum absolute atomic E-state index is 0.00460. The second-order valence-corrected chi connectivity index (χ2v) is 4.16. The molecule has 1 aromatic heterocycles. The molecule has 0 bridgehead atoms. The van der Waals surface area contributed by atoms with Gasteiger partial charge in [-0.05, 0) is 6.42 Å². The maximum atomic E-state index is 11.7. The fourth-order valence-corrected chi connectivity index (χ4v) is 1.79. The van der Waals surface area contributed by atoms with Gasteiger partial charge >= 0.3 is 5.97 Å². The molecule has 7 heteroatoms. The summed E-state index contributed by atoms with van der Waals surface area (Å²) in [6.07, 6.45) is 3.49. The summed E-state index contributed by atoms with van der Waals surface area (Å²) in [6.45, 7) is 1.56. The van der Waals surface area contributed by atoms with Crippen molar-refractivity contribution in [2.45, 2.75) is 6.42 Å². The van der Waals surface area contributed by atoms with Crippen molar-refractivity contribution < 1.29 is 14.7 Å². The quantitative estimate of drug-likeness (QED) is 0.785. The van der Waals surface area contributed by atoms with Gasteiger partial charge in [-0.1, -0.05) is 0 Å². The average Bonchev–Trinajstić information content (AvgIpc) is 2.52. The highest BCUT2D eigenvalue weighted by atomic mass is 16.4. The average molecular weight is 250 g/mol. The lowest BCUT2D eigenvalue weighted by Gasteiger charge is -2.20. The summed E-state index contributed by atoms with van der Waals surface area (Å²) in [7, 11) is 1.76. The van der Waals surface area contributed by atoms with E-state index in [2.05, 4.69) is 9.97 Å². The van der Waals surface area contributed by atoms with E-state index < -0.39 is 5.97 Å². The molecule has 0 aromatic carbocycles. The minimum atomic E-state index is -1.12. The van der Waals surface area contributed by atoms with E-state index in [-0.39, 0.29) is 18.1 Å². The van der Waals surface area contributed by atoms with Crippen LogP contribution in [-0.4, -0.2) is 58.5 Å². The fourth-order valence-electron chi connectivity index (χ4n) is 1.79. The zero-order valence-corrected chi connectivity index (χ0v) is 10.0. The Kier molecular flexibility index (Phi) is 3.40. The summed E-state index contributed by atoms with van der Waals surface area (Å²) in [5.74, 6) is -0.698. The maximum absolute atomic E-state index is 11.7. The van der Waals surface area contributed by atoms with Crippen LogP contribution in [0.4, 0.5) is 5.82 Å².